The van der Waals surface area contributed by atoms with E-state index in [2.05, 4.69) is 15.9 Å². The van der Waals surface area contributed by atoms with E-state index >= 15 is 0 Å². The second-order valence-electron chi connectivity index (χ2n) is 5.10. The maximum atomic E-state index is 13.6. The van der Waals surface area contributed by atoms with Crippen LogP contribution in [0.5, 0.6) is 0 Å². The Labute approximate surface area is 120 Å². The highest BCUT2D eigenvalue weighted by molar-refractivity contribution is 9.10. The van der Waals surface area contributed by atoms with E-state index in [-0.39, 0.29) is 29.7 Å². The average Bonchev–Trinajstić information content (AvgIpc) is 2.62. The van der Waals surface area contributed by atoms with Crippen LogP contribution in [0.4, 0.5) is 4.39 Å². The van der Waals surface area contributed by atoms with Crippen molar-refractivity contribution in [3.63, 3.8) is 0 Å². The van der Waals surface area contributed by atoms with Gasteiger partial charge in [0.05, 0.1) is 17.6 Å². The molecule has 0 aliphatic carbocycles. The molecule has 2 rings (SSSR count). The van der Waals surface area contributed by atoms with Crippen LogP contribution in [0.15, 0.2) is 22.7 Å². The number of benzene rings is 1. The summed E-state index contributed by atoms with van der Waals surface area (Å²) in [5, 5.41) is 9.95. The predicted octanol–water partition coefficient (Wildman–Crippen LogP) is 2.32. The summed E-state index contributed by atoms with van der Waals surface area (Å²) in [5.74, 6) is -0.00447. The minimum Gasteiger partial charge on any atom is -0.393 e. The van der Waals surface area contributed by atoms with Crippen molar-refractivity contribution in [2.45, 2.75) is 25.4 Å². The first-order valence-electron chi connectivity index (χ1n) is 6.18. The number of hydrogen-bond acceptors (Lipinski definition) is 3. The zero-order valence-corrected chi connectivity index (χ0v) is 12.8. The maximum absolute atomic E-state index is 13.6. The second kappa shape index (κ2) is 5.89. The number of sulfone groups is 1. The molecule has 1 fully saturated rings. The summed E-state index contributed by atoms with van der Waals surface area (Å²) in [5.41, 5.74) is 0.455. The molecule has 1 saturated heterocycles. The van der Waals surface area contributed by atoms with Crippen molar-refractivity contribution in [2.75, 3.05) is 11.5 Å². The normalized spacial score (nSPS) is 23.4. The Morgan fingerprint density at radius 3 is 2.79 bits per heavy atom. The molecule has 0 aromatic heterocycles. The maximum Gasteiger partial charge on any atom is 0.150 e. The van der Waals surface area contributed by atoms with Crippen LogP contribution in [-0.2, 0) is 16.3 Å². The zero-order valence-electron chi connectivity index (χ0n) is 10.4. The van der Waals surface area contributed by atoms with E-state index in [1.54, 1.807) is 12.1 Å². The largest absolute Gasteiger partial charge is 0.393 e. The summed E-state index contributed by atoms with van der Waals surface area (Å²) in [4.78, 5) is 0. The Bertz CT molecular complexity index is 559. The molecule has 0 bridgehead atoms. The fraction of sp³-hybridized carbons (Fsp3) is 0.538. The van der Waals surface area contributed by atoms with E-state index in [1.165, 1.54) is 6.07 Å². The van der Waals surface area contributed by atoms with Crippen LogP contribution >= 0.6 is 15.9 Å². The van der Waals surface area contributed by atoms with Gasteiger partial charge in [-0.2, -0.15) is 0 Å². The van der Waals surface area contributed by atoms with Crippen LogP contribution in [0.1, 0.15) is 18.4 Å². The Morgan fingerprint density at radius 2 is 2.21 bits per heavy atom. The number of halogens is 2. The molecule has 1 aliphatic rings. The molecule has 0 saturated carbocycles. The van der Waals surface area contributed by atoms with Crippen LogP contribution in [0, 0.1) is 11.7 Å². The molecule has 1 heterocycles. The van der Waals surface area contributed by atoms with Crippen LogP contribution in [0.25, 0.3) is 0 Å². The fourth-order valence-corrected chi connectivity index (χ4v) is 4.68. The van der Waals surface area contributed by atoms with Gasteiger partial charge in [-0.15, -0.1) is 0 Å². The van der Waals surface area contributed by atoms with Crippen molar-refractivity contribution < 1.29 is 17.9 Å². The first-order valence-corrected chi connectivity index (χ1v) is 8.79. The van der Waals surface area contributed by atoms with E-state index < -0.39 is 15.9 Å². The van der Waals surface area contributed by atoms with E-state index in [0.29, 0.717) is 22.9 Å². The summed E-state index contributed by atoms with van der Waals surface area (Å²) in [6.45, 7) is 0. The van der Waals surface area contributed by atoms with Gasteiger partial charge in [-0.1, -0.05) is 22.0 Å². The number of hydrogen-bond donors (Lipinski definition) is 1. The van der Waals surface area contributed by atoms with Crippen LogP contribution in [0.2, 0.25) is 0 Å². The van der Waals surface area contributed by atoms with Crippen LogP contribution in [-0.4, -0.2) is 31.1 Å². The molecular formula is C13H16BrFO3S. The van der Waals surface area contributed by atoms with E-state index in [1.807, 2.05) is 0 Å². The van der Waals surface area contributed by atoms with Gasteiger partial charge in [-0.3, -0.25) is 0 Å². The highest BCUT2D eigenvalue weighted by atomic mass is 79.9. The second-order valence-corrected chi connectivity index (χ2v) is 8.24. The molecule has 0 radical (unpaired) electrons. The van der Waals surface area contributed by atoms with E-state index in [4.69, 9.17) is 0 Å². The molecule has 1 aromatic rings. The van der Waals surface area contributed by atoms with Crippen molar-refractivity contribution in [1.29, 1.82) is 0 Å². The molecule has 106 valence electrons. The lowest BCUT2D eigenvalue weighted by molar-refractivity contribution is 0.146. The monoisotopic (exact) mass is 350 g/mol. The molecule has 1 N–H and O–H groups in total. The van der Waals surface area contributed by atoms with Crippen molar-refractivity contribution in [3.05, 3.63) is 34.1 Å². The lowest BCUT2D eigenvalue weighted by atomic mass is 9.96. The number of aliphatic hydroxyl groups excluding tert-OH is 1. The van der Waals surface area contributed by atoms with Crippen molar-refractivity contribution in [1.82, 2.24) is 0 Å². The van der Waals surface area contributed by atoms with E-state index in [0.717, 1.165) is 0 Å². The molecule has 2 unspecified atom stereocenters. The Kier molecular flexibility index (Phi) is 4.63. The quantitative estimate of drug-likeness (QED) is 0.906. The number of rotatable bonds is 4. The molecule has 0 amide bonds. The van der Waals surface area contributed by atoms with E-state index in [9.17, 15) is 17.9 Å². The topological polar surface area (TPSA) is 54.4 Å². The highest BCUT2D eigenvalue weighted by Crippen LogP contribution is 2.25. The Hall–Kier alpha value is -0.460. The van der Waals surface area contributed by atoms with Gasteiger partial charge < -0.3 is 5.11 Å². The Morgan fingerprint density at radius 1 is 1.47 bits per heavy atom. The lowest BCUT2D eigenvalue weighted by Crippen LogP contribution is -2.17. The highest BCUT2D eigenvalue weighted by Gasteiger charge is 2.29. The summed E-state index contributed by atoms with van der Waals surface area (Å²) in [7, 11) is -2.92. The summed E-state index contributed by atoms with van der Waals surface area (Å²) >= 11 is 3.18. The summed E-state index contributed by atoms with van der Waals surface area (Å²) in [6.07, 6.45) is 0.529. The Balaban J connectivity index is 1.93. The van der Waals surface area contributed by atoms with Crippen molar-refractivity contribution in [3.8, 4) is 0 Å². The summed E-state index contributed by atoms with van der Waals surface area (Å²) in [6, 6.07) is 4.72. The molecule has 1 aliphatic heterocycles. The smallest absolute Gasteiger partial charge is 0.150 e. The van der Waals surface area contributed by atoms with Gasteiger partial charge in [0.25, 0.3) is 0 Å². The fourth-order valence-electron chi connectivity index (χ4n) is 2.47. The molecule has 2 atom stereocenters. The zero-order chi connectivity index (χ0) is 14.0. The molecule has 6 heteroatoms. The number of aliphatic hydroxyl groups is 1. The van der Waals surface area contributed by atoms with Gasteiger partial charge in [0, 0.05) is 10.9 Å². The molecular weight excluding hydrogens is 335 g/mol. The third-order valence-corrected chi connectivity index (χ3v) is 5.73. The van der Waals surface area contributed by atoms with Crippen molar-refractivity contribution >= 4 is 25.8 Å². The summed E-state index contributed by atoms with van der Waals surface area (Å²) < 4.78 is 36.9. The van der Waals surface area contributed by atoms with Gasteiger partial charge in [0.2, 0.25) is 0 Å². The van der Waals surface area contributed by atoms with Gasteiger partial charge >= 0.3 is 0 Å². The van der Waals surface area contributed by atoms with Gasteiger partial charge in [-0.25, -0.2) is 12.8 Å². The van der Waals surface area contributed by atoms with Gasteiger partial charge in [-0.05, 0) is 36.5 Å². The predicted molar refractivity (Wildman–Crippen MR) is 75.2 cm³/mol. The lowest BCUT2D eigenvalue weighted by Gasteiger charge is -2.15. The third-order valence-electron chi connectivity index (χ3n) is 3.40. The third kappa shape index (κ3) is 4.26. The van der Waals surface area contributed by atoms with Crippen LogP contribution < -0.4 is 0 Å². The minimum atomic E-state index is -2.92. The standard InChI is InChI=1S/C13H16BrFO3S/c14-11-2-1-10(13(15)7-11)6-12(16)5-9-3-4-19(17,18)8-9/h1-2,7,9,12,16H,3-6,8H2. The molecule has 0 spiro atoms. The van der Waals surface area contributed by atoms with Gasteiger partial charge in [0.15, 0.2) is 9.84 Å². The first kappa shape index (κ1) is 14.9. The minimum absolute atomic E-state index is 0.00138. The van der Waals surface area contributed by atoms with Crippen LogP contribution in [0.3, 0.4) is 0 Å². The molecule has 1 aromatic carbocycles. The average molecular weight is 351 g/mol. The first-order chi connectivity index (χ1) is 8.85. The van der Waals surface area contributed by atoms with Gasteiger partial charge in [0.1, 0.15) is 5.82 Å². The van der Waals surface area contributed by atoms with Crippen molar-refractivity contribution in [2.24, 2.45) is 5.92 Å². The molecule has 19 heavy (non-hydrogen) atoms. The SMILES string of the molecule is O=S1(=O)CCC(CC(O)Cc2ccc(Br)cc2F)C1. The molecule has 3 nitrogen and oxygen atoms in total.